The van der Waals surface area contributed by atoms with Crippen LogP contribution in [0.4, 0.5) is 4.79 Å². The van der Waals surface area contributed by atoms with E-state index in [0.29, 0.717) is 28.6 Å². The van der Waals surface area contributed by atoms with Crippen LogP contribution in [0, 0.1) is 0 Å². The number of hydrogen-bond donors (Lipinski definition) is 1. The van der Waals surface area contributed by atoms with Crippen LogP contribution in [0.15, 0.2) is 53.1 Å². The molecule has 3 aromatic heterocycles. The lowest BCUT2D eigenvalue weighted by Crippen LogP contribution is -2.49. The average molecular weight is 541 g/mol. The summed E-state index contributed by atoms with van der Waals surface area (Å²) in [6, 6.07) is 16.2. The van der Waals surface area contributed by atoms with Gasteiger partial charge in [-0.05, 0) is 43.9 Å². The molecule has 2 aliphatic rings. The molecule has 5 heterocycles. The van der Waals surface area contributed by atoms with Gasteiger partial charge < -0.3 is 28.8 Å². The lowest BCUT2D eigenvalue weighted by Gasteiger charge is -2.39. The zero-order valence-corrected chi connectivity index (χ0v) is 22.0. The summed E-state index contributed by atoms with van der Waals surface area (Å²) in [6.07, 6.45) is 3.60. The van der Waals surface area contributed by atoms with Crippen molar-refractivity contribution in [3.8, 4) is 16.5 Å². The number of likely N-dealkylation sites (tertiary alicyclic amines) is 1. The third kappa shape index (κ3) is 5.55. The second-order valence-corrected chi connectivity index (χ2v) is 11.3. The van der Waals surface area contributed by atoms with E-state index in [0.717, 1.165) is 73.5 Å². The summed E-state index contributed by atoms with van der Waals surface area (Å²) in [5.41, 5.74) is 1.69. The van der Waals surface area contributed by atoms with Crippen molar-refractivity contribution >= 4 is 39.9 Å². The van der Waals surface area contributed by atoms with E-state index in [4.69, 9.17) is 25.6 Å². The average Bonchev–Trinajstić information content (AvgIpc) is 3.65. The van der Waals surface area contributed by atoms with Crippen molar-refractivity contribution in [2.45, 2.75) is 44.3 Å². The topological polar surface area (TPSA) is 81.8 Å². The predicted octanol–water partition coefficient (Wildman–Crippen LogP) is 5.79. The Morgan fingerprint density at radius 3 is 2.70 bits per heavy atom. The van der Waals surface area contributed by atoms with Gasteiger partial charge in [-0.1, -0.05) is 35.0 Å². The molecule has 8 nitrogen and oxygen atoms in total. The van der Waals surface area contributed by atoms with Crippen LogP contribution in [-0.4, -0.2) is 59.1 Å². The van der Waals surface area contributed by atoms with Crippen molar-refractivity contribution in [3.05, 3.63) is 58.6 Å². The van der Waals surface area contributed by atoms with Crippen LogP contribution in [0.2, 0.25) is 4.34 Å². The number of ether oxygens (including phenoxy) is 2. The van der Waals surface area contributed by atoms with Gasteiger partial charge in [0, 0.05) is 55.9 Å². The first-order chi connectivity index (χ1) is 18.1. The number of aromatic nitrogens is 2. The first kappa shape index (κ1) is 24.5. The zero-order valence-electron chi connectivity index (χ0n) is 20.4. The van der Waals surface area contributed by atoms with Crippen LogP contribution < -0.4 is 10.1 Å². The molecule has 0 unspecified atom stereocenters. The number of amides is 1. The largest absolute Gasteiger partial charge is 0.414 e. The van der Waals surface area contributed by atoms with Crippen molar-refractivity contribution < 1.29 is 18.8 Å². The van der Waals surface area contributed by atoms with Gasteiger partial charge >= 0.3 is 6.09 Å². The van der Waals surface area contributed by atoms with Gasteiger partial charge in [-0.3, -0.25) is 0 Å². The van der Waals surface area contributed by atoms with Crippen molar-refractivity contribution in [1.82, 2.24) is 19.9 Å². The van der Waals surface area contributed by atoms with Crippen molar-refractivity contribution in [3.63, 3.8) is 0 Å². The Balaban J connectivity index is 1.12. The Hall–Kier alpha value is -2.85. The summed E-state index contributed by atoms with van der Waals surface area (Å²) in [5.74, 6) is 1.14. The highest BCUT2D eigenvalue weighted by molar-refractivity contribution is 7.19. The summed E-state index contributed by atoms with van der Waals surface area (Å²) in [4.78, 5) is 16.4. The quantitative estimate of drug-likeness (QED) is 0.333. The Labute approximate surface area is 224 Å². The van der Waals surface area contributed by atoms with Gasteiger partial charge in [-0.2, -0.15) is 0 Å². The summed E-state index contributed by atoms with van der Waals surface area (Å²) in [6.45, 7) is 4.07. The van der Waals surface area contributed by atoms with E-state index in [2.05, 4.69) is 15.4 Å². The summed E-state index contributed by atoms with van der Waals surface area (Å²) in [7, 11) is 0. The maximum absolute atomic E-state index is 12.9. The normalized spacial score (nSPS) is 17.9. The molecule has 0 aliphatic carbocycles. The first-order valence-electron chi connectivity index (χ1n) is 12.7. The van der Waals surface area contributed by atoms with Gasteiger partial charge in [0.1, 0.15) is 5.69 Å². The molecule has 6 rings (SSSR count). The first-order valence-corrected chi connectivity index (χ1v) is 13.9. The molecule has 4 aromatic rings. The fourth-order valence-corrected chi connectivity index (χ4v) is 6.29. The molecular formula is C27H29ClN4O4S. The Kier molecular flexibility index (Phi) is 7.19. The highest BCUT2D eigenvalue weighted by Crippen LogP contribution is 2.32. The van der Waals surface area contributed by atoms with Crippen molar-refractivity contribution in [1.29, 1.82) is 0 Å². The van der Waals surface area contributed by atoms with Crippen molar-refractivity contribution in [2.24, 2.45) is 0 Å². The third-order valence-electron chi connectivity index (χ3n) is 7.22. The van der Waals surface area contributed by atoms with Crippen LogP contribution in [0.3, 0.4) is 0 Å². The van der Waals surface area contributed by atoms with E-state index in [1.165, 1.54) is 11.3 Å². The van der Waals surface area contributed by atoms with E-state index in [1.807, 2.05) is 53.1 Å². The van der Waals surface area contributed by atoms with E-state index >= 15 is 0 Å². The number of carbonyl (C=O) groups excluding carboxylic acids is 1. The smallest absolute Gasteiger partial charge is 0.393 e. The molecule has 0 saturated carbocycles. The van der Waals surface area contributed by atoms with E-state index in [-0.39, 0.29) is 6.04 Å². The minimum Gasteiger partial charge on any atom is -0.393 e. The third-order valence-corrected chi connectivity index (χ3v) is 8.47. The number of carbonyl (C=O) groups is 1. The standard InChI is InChI=1S/C27H29ClN4O4S/c28-25-6-5-24(37-25)23-16-20(30-36-23)17-32-22-4-2-1-3-18(22)15-26(32)35-27(33)29-19-7-11-31(12-8-19)21-9-13-34-14-10-21/h1-6,15-16,19,21H,7-14,17H2,(H,29,33). The maximum atomic E-state index is 12.9. The second-order valence-electron chi connectivity index (χ2n) is 9.60. The second kappa shape index (κ2) is 10.9. The number of piperidine rings is 1. The fourth-order valence-electron chi connectivity index (χ4n) is 5.29. The molecule has 1 N–H and O–H groups in total. The van der Waals surface area contributed by atoms with Crippen LogP contribution in [0.5, 0.6) is 5.88 Å². The molecule has 1 amide bonds. The Morgan fingerprint density at radius 2 is 1.92 bits per heavy atom. The van der Waals surface area contributed by atoms with Gasteiger partial charge in [0.2, 0.25) is 5.88 Å². The molecule has 1 aromatic carbocycles. The number of nitrogens with zero attached hydrogens (tertiary/aromatic N) is 3. The molecule has 10 heteroatoms. The molecule has 2 aliphatic heterocycles. The van der Waals surface area contributed by atoms with Crippen LogP contribution in [0.25, 0.3) is 21.5 Å². The maximum Gasteiger partial charge on any atom is 0.414 e. The summed E-state index contributed by atoms with van der Waals surface area (Å²) >= 11 is 7.51. The number of benzene rings is 1. The number of hydrogen-bond acceptors (Lipinski definition) is 7. The number of halogens is 1. The van der Waals surface area contributed by atoms with E-state index < -0.39 is 6.09 Å². The minimum absolute atomic E-state index is 0.108. The number of fused-ring (bicyclic) bond motifs is 1. The fraction of sp³-hybridized carbons (Fsp3) is 0.407. The van der Waals surface area contributed by atoms with E-state index in [9.17, 15) is 4.79 Å². The molecule has 0 atom stereocenters. The Bertz CT molecular complexity index is 1370. The van der Waals surface area contributed by atoms with Gasteiger partial charge in [0.05, 0.1) is 21.3 Å². The molecule has 0 bridgehead atoms. The Morgan fingerprint density at radius 1 is 1.11 bits per heavy atom. The van der Waals surface area contributed by atoms with E-state index in [1.54, 1.807) is 0 Å². The molecular weight excluding hydrogens is 512 g/mol. The lowest BCUT2D eigenvalue weighted by atomic mass is 10.00. The van der Waals surface area contributed by atoms with Gasteiger partial charge in [-0.25, -0.2) is 4.79 Å². The van der Waals surface area contributed by atoms with Crippen LogP contribution in [-0.2, 0) is 11.3 Å². The highest BCUT2D eigenvalue weighted by Gasteiger charge is 2.28. The molecule has 194 valence electrons. The number of nitrogens with one attached hydrogen (secondary N) is 1. The number of thiophene rings is 1. The van der Waals surface area contributed by atoms with Crippen LogP contribution in [0.1, 0.15) is 31.4 Å². The molecule has 2 saturated heterocycles. The molecule has 0 spiro atoms. The molecule has 37 heavy (non-hydrogen) atoms. The highest BCUT2D eigenvalue weighted by atomic mass is 35.5. The molecule has 2 fully saturated rings. The minimum atomic E-state index is -0.428. The lowest BCUT2D eigenvalue weighted by molar-refractivity contribution is 0.0241. The molecule has 0 radical (unpaired) electrons. The number of para-hydroxylation sites is 1. The zero-order chi connectivity index (χ0) is 25.2. The van der Waals surface area contributed by atoms with Gasteiger partial charge in [0.25, 0.3) is 0 Å². The van der Waals surface area contributed by atoms with Crippen LogP contribution >= 0.6 is 22.9 Å². The number of rotatable bonds is 6. The SMILES string of the molecule is O=C(NC1CCN(C2CCOCC2)CC1)Oc1cc2ccccc2n1Cc1cc(-c2ccc(Cl)s2)on1. The monoisotopic (exact) mass is 540 g/mol. The van der Waals surface area contributed by atoms with Crippen molar-refractivity contribution in [2.75, 3.05) is 26.3 Å². The van der Waals surface area contributed by atoms with Gasteiger partial charge in [0.15, 0.2) is 5.76 Å². The predicted molar refractivity (Wildman–Crippen MR) is 143 cm³/mol. The van der Waals surface area contributed by atoms with Gasteiger partial charge in [-0.15, -0.1) is 11.3 Å². The summed E-state index contributed by atoms with van der Waals surface area (Å²) in [5, 5.41) is 8.31. The summed E-state index contributed by atoms with van der Waals surface area (Å²) < 4.78 is 19.5.